The zero-order valence-electron chi connectivity index (χ0n) is 12.0. The molecule has 1 unspecified atom stereocenters. The molecule has 0 aromatic heterocycles. The lowest BCUT2D eigenvalue weighted by Gasteiger charge is -2.49. The predicted octanol–water partition coefficient (Wildman–Crippen LogP) is 4.41. The minimum absolute atomic E-state index is 0.302. The minimum atomic E-state index is 0.302. The predicted molar refractivity (Wildman–Crippen MR) is 81.1 cm³/mol. The molecule has 1 atom stereocenters. The van der Waals surface area contributed by atoms with Crippen molar-refractivity contribution in [3.63, 3.8) is 0 Å². The second-order valence-electron chi connectivity index (χ2n) is 6.65. The lowest BCUT2D eigenvalue weighted by atomic mass is 9.57. The van der Waals surface area contributed by atoms with Crippen LogP contribution < -0.4 is 5.73 Å². The quantitative estimate of drug-likeness (QED) is 0.798. The molecule has 2 N–H and O–H groups in total. The molecule has 0 aliphatic heterocycles. The molecule has 104 valence electrons. The van der Waals surface area contributed by atoms with Crippen LogP contribution >= 0.6 is 0 Å². The van der Waals surface area contributed by atoms with E-state index in [1.165, 1.54) is 63.4 Å². The Bertz CT molecular complexity index is 385. The molecule has 2 fully saturated rings. The van der Waals surface area contributed by atoms with Crippen LogP contribution in [0.5, 0.6) is 0 Å². The fourth-order valence-corrected chi connectivity index (χ4v) is 4.26. The molecule has 3 rings (SSSR count). The van der Waals surface area contributed by atoms with Gasteiger partial charge >= 0.3 is 0 Å². The van der Waals surface area contributed by atoms with Gasteiger partial charge in [0.25, 0.3) is 0 Å². The fraction of sp³-hybridized carbons (Fsp3) is 0.667. The first-order chi connectivity index (χ1) is 9.33. The van der Waals surface area contributed by atoms with Crippen LogP contribution in [0.4, 0.5) is 0 Å². The standard InChI is InChI=1S/C18H27N/c19-17(15-9-4-1-2-5-10-15)18(13-8-14-18)16-11-6-3-7-12-16/h3,6-7,11-12,15,17H,1-2,4-5,8-10,13-14,19H2. The van der Waals surface area contributed by atoms with Gasteiger partial charge in [0.1, 0.15) is 0 Å². The second kappa shape index (κ2) is 5.66. The lowest BCUT2D eigenvalue weighted by Crippen LogP contribution is -2.54. The molecule has 2 aliphatic carbocycles. The van der Waals surface area contributed by atoms with Crippen LogP contribution in [0.1, 0.15) is 63.4 Å². The van der Waals surface area contributed by atoms with E-state index in [1.807, 2.05) is 0 Å². The largest absolute Gasteiger partial charge is 0.327 e. The van der Waals surface area contributed by atoms with E-state index in [1.54, 1.807) is 0 Å². The van der Waals surface area contributed by atoms with E-state index in [9.17, 15) is 0 Å². The zero-order chi connectivity index (χ0) is 13.1. The number of hydrogen-bond donors (Lipinski definition) is 1. The van der Waals surface area contributed by atoms with Gasteiger partial charge in [0.15, 0.2) is 0 Å². The van der Waals surface area contributed by atoms with Gasteiger partial charge < -0.3 is 5.73 Å². The average molecular weight is 257 g/mol. The molecule has 0 radical (unpaired) electrons. The first-order valence-corrected chi connectivity index (χ1v) is 8.14. The van der Waals surface area contributed by atoms with E-state index in [0.717, 1.165) is 5.92 Å². The maximum absolute atomic E-state index is 6.79. The maximum atomic E-state index is 6.79. The molecular formula is C18H27N. The Kier molecular flexibility index (Phi) is 3.93. The molecule has 0 amide bonds. The van der Waals surface area contributed by atoms with Gasteiger partial charge in [-0.25, -0.2) is 0 Å². The SMILES string of the molecule is NC(C1CCCCCC1)C1(c2ccccc2)CCC1. The summed E-state index contributed by atoms with van der Waals surface area (Å²) in [5, 5.41) is 0. The van der Waals surface area contributed by atoms with E-state index in [0.29, 0.717) is 11.5 Å². The zero-order valence-corrected chi connectivity index (χ0v) is 12.0. The van der Waals surface area contributed by atoms with Gasteiger partial charge in [0, 0.05) is 11.5 Å². The fourth-order valence-electron chi connectivity index (χ4n) is 4.26. The third-order valence-electron chi connectivity index (χ3n) is 5.64. The maximum Gasteiger partial charge on any atom is 0.0165 e. The number of nitrogens with two attached hydrogens (primary N) is 1. The highest BCUT2D eigenvalue weighted by molar-refractivity contribution is 5.30. The van der Waals surface area contributed by atoms with Crippen LogP contribution in [0.25, 0.3) is 0 Å². The van der Waals surface area contributed by atoms with Crippen LogP contribution in [0, 0.1) is 5.92 Å². The summed E-state index contributed by atoms with van der Waals surface area (Å²) in [5.41, 5.74) is 8.59. The summed E-state index contributed by atoms with van der Waals surface area (Å²) >= 11 is 0. The number of hydrogen-bond acceptors (Lipinski definition) is 1. The van der Waals surface area contributed by atoms with Gasteiger partial charge in [0.2, 0.25) is 0 Å². The summed E-state index contributed by atoms with van der Waals surface area (Å²) < 4.78 is 0. The van der Waals surface area contributed by atoms with E-state index in [-0.39, 0.29) is 0 Å². The van der Waals surface area contributed by atoms with Gasteiger partial charge in [-0.05, 0) is 37.2 Å². The average Bonchev–Trinajstić information content (AvgIpc) is 2.67. The van der Waals surface area contributed by atoms with Crippen LogP contribution in [0.15, 0.2) is 30.3 Å². The molecule has 0 saturated heterocycles. The van der Waals surface area contributed by atoms with E-state index >= 15 is 0 Å². The Morgan fingerprint density at radius 3 is 2.05 bits per heavy atom. The van der Waals surface area contributed by atoms with Gasteiger partial charge in [-0.3, -0.25) is 0 Å². The summed E-state index contributed by atoms with van der Waals surface area (Å²) in [6, 6.07) is 11.4. The highest BCUT2D eigenvalue weighted by atomic mass is 14.7. The van der Waals surface area contributed by atoms with Crippen LogP contribution in [-0.4, -0.2) is 6.04 Å². The van der Waals surface area contributed by atoms with Crippen molar-refractivity contribution in [2.75, 3.05) is 0 Å². The molecule has 1 aromatic carbocycles. The topological polar surface area (TPSA) is 26.0 Å². The minimum Gasteiger partial charge on any atom is -0.327 e. The van der Waals surface area contributed by atoms with Crippen molar-refractivity contribution in [2.45, 2.75) is 69.2 Å². The van der Waals surface area contributed by atoms with Gasteiger partial charge in [0.05, 0.1) is 0 Å². The summed E-state index contributed by atoms with van der Waals surface area (Å²) in [7, 11) is 0. The van der Waals surface area contributed by atoms with Crippen molar-refractivity contribution in [1.82, 2.24) is 0 Å². The monoisotopic (exact) mass is 257 g/mol. The first-order valence-electron chi connectivity index (χ1n) is 8.14. The van der Waals surface area contributed by atoms with E-state index in [4.69, 9.17) is 5.73 Å². The van der Waals surface area contributed by atoms with E-state index in [2.05, 4.69) is 30.3 Å². The van der Waals surface area contributed by atoms with Gasteiger partial charge in [-0.15, -0.1) is 0 Å². The molecule has 1 nitrogen and oxygen atoms in total. The molecule has 0 heterocycles. The summed E-state index contributed by atoms with van der Waals surface area (Å²) in [4.78, 5) is 0. The van der Waals surface area contributed by atoms with Crippen LogP contribution in [0.2, 0.25) is 0 Å². The van der Waals surface area contributed by atoms with Crippen molar-refractivity contribution in [1.29, 1.82) is 0 Å². The molecule has 2 saturated carbocycles. The highest BCUT2D eigenvalue weighted by Gasteiger charge is 2.46. The molecule has 0 bridgehead atoms. The van der Waals surface area contributed by atoms with E-state index < -0.39 is 0 Å². The van der Waals surface area contributed by atoms with Crippen molar-refractivity contribution in [2.24, 2.45) is 11.7 Å². The molecule has 0 spiro atoms. The Hall–Kier alpha value is -0.820. The molecular weight excluding hydrogens is 230 g/mol. The van der Waals surface area contributed by atoms with Crippen molar-refractivity contribution in [3.8, 4) is 0 Å². The summed E-state index contributed by atoms with van der Waals surface area (Å²) in [6.07, 6.45) is 12.3. The number of rotatable bonds is 3. The Morgan fingerprint density at radius 2 is 1.53 bits per heavy atom. The number of benzene rings is 1. The molecule has 19 heavy (non-hydrogen) atoms. The first kappa shape index (κ1) is 13.2. The Labute approximate surface area is 117 Å². The van der Waals surface area contributed by atoms with Gasteiger partial charge in [-0.1, -0.05) is 62.4 Å². The van der Waals surface area contributed by atoms with Crippen LogP contribution in [0.3, 0.4) is 0 Å². The second-order valence-corrected chi connectivity index (χ2v) is 6.65. The Balaban J connectivity index is 1.81. The van der Waals surface area contributed by atoms with Crippen molar-refractivity contribution in [3.05, 3.63) is 35.9 Å². The molecule has 1 heteroatoms. The summed E-state index contributed by atoms with van der Waals surface area (Å²) in [5.74, 6) is 0.753. The van der Waals surface area contributed by atoms with Crippen molar-refractivity contribution < 1.29 is 0 Å². The smallest absolute Gasteiger partial charge is 0.0165 e. The van der Waals surface area contributed by atoms with Crippen LogP contribution in [-0.2, 0) is 5.41 Å². The highest BCUT2D eigenvalue weighted by Crippen LogP contribution is 2.49. The summed E-state index contributed by atoms with van der Waals surface area (Å²) in [6.45, 7) is 0. The third-order valence-corrected chi connectivity index (χ3v) is 5.64. The molecule has 2 aliphatic rings. The third kappa shape index (κ3) is 2.45. The van der Waals surface area contributed by atoms with Gasteiger partial charge in [-0.2, -0.15) is 0 Å². The Morgan fingerprint density at radius 1 is 0.895 bits per heavy atom. The lowest BCUT2D eigenvalue weighted by molar-refractivity contribution is 0.144. The van der Waals surface area contributed by atoms with Crippen molar-refractivity contribution >= 4 is 0 Å². The molecule has 1 aromatic rings. The normalized spacial score (nSPS) is 25.3.